The van der Waals surface area contributed by atoms with Gasteiger partial charge in [0.25, 0.3) is 0 Å². The lowest BCUT2D eigenvalue weighted by molar-refractivity contribution is 0.609. The van der Waals surface area contributed by atoms with Crippen LogP contribution in [-0.4, -0.2) is 17.0 Å². The first kappa shape index (κ1) is 11.3. The van der Waals surface area contributed by atoms with Crippen LogP contribution in [0.5, 0.6) is 0 Å². The van der Waals surface area contributed by atoms with Crippen molar-refractivity contribution in [3.05, 3.63) is 34.9 Å². The smallest absolute Gasteiger partial charge is 0.0408 e. The van der Waals surface area contributed by atoms with Crippen LogP contribution in [0.1, 0.15) is 18.4 Å². The minimum atomic E-state index is 0.274. The van der Waals surface area contributed by atoms with Gasteiger partial charge in [-0.3, -0.25) is 0 Å². The molecule has 1 saturated heterocycles. The third-order valence-corrected chi connectivity index (χ3v) is 4.58. The third-order valence-electron chi connectivity index (χ3n) is 2.80. The van der Waals surface area contributed by atoms with Gasteiger partial charge in [0.1, 0.15) is 0 Å². The van der Waals surface area contributed by atoms with Gasteiger partial charge in [0.2, 0.25) is 0 Å². The summed E-state index contributed by atoms with van der Waals surface area (Å²) in [6.07, 6.45) is 3.53. The Hall–Kier alpha value is -0.180. The molecule has 2 rings (SSSR count). The zero-order chi connectivity index (χ0) is 10.7. The highest BCUT2D eigenvalue weighted by Gasteiger charge is 2.22. The highest BCUT2D eigenvalue weighted by atomic mass is 35.5. The molecule has 0 saturated carbocycles. The Morgan fingerprint density at radius 2 is 2.40 bits per heavy atom. The van der Waals surface area contributed by atoms with Crippen molar-refractivity contribution in [2.75, 3.05) is 5.75 Å². The van der Waals surface area contributed by atoms with Crippen molar-refractivity contribution in [1.29, 1.82) is 0 Å². The molecule has 2 atom stereocenters. The first-order chi connectivity index (χ1) is 7.25. The number of halogens is 1. The van der Waals surface area contributed by atoms with Gasteiger partial charge >= 0.3 is 0 Å². The predicted molar refractivity (Wildman–Crippen MR) is 68.6 cm³/mol. The first-order valence-corrected chi connectivity index (χ1v) is 6.80. The van der Waals surface area contributed by atoms with Crippen LogP contribution in [0, 0.1) is 0 Å². The maximum absolute atomic E-state index is 6.20. The largest absolute Gasteiger partial charge is 0.326 e. The average Bonchev–Trinajstić information content (AvgIpc) is 2.70. The summed E-state index contributed by atoms with van der Waals surface area (Å²) in [5, 5.41) is 1.45. The molecule has 0 bridgehead atoms. The second-order valence-corrected chi connectivity index (χ2v) is 5.83. The summed E-state index contributed by atoms with van der Waals surface area (Å²) in [6, 6.07) is 8.29. The minimum absolute atomic E-state index is 0.274. The number of thioether (sulfide) groups is 1. The molecular weight excluding hydrogens is 226 g/mol. The molecule has 82 valence electrons. The molecule has 1 heterocycles. The number of hydrogen-bond donors (Lipinski definition) is 1. The fourth-order valence-corrected chi connectivity index (χ4v) is 3.53. The third kappa shape index (κ3) is 3.13. The van der Waals surface area contributed by atoms with Gasteiger partial charge < -0.3 is 5.73 Å². The minimum Gasteiger partial charge on any atom is -0.326 e. The van der Waals surface area contributed by atoms with Gasteiger partial charge in [0.05, 0.1) is 0 Å². The predicted octanol–water partition coefficient (Wildman–Crippen LogP) is 3.11. The van der Waals surface area contributed by atoms with Gasteiger partial charge in [-0.05, 0) is 42.7 Å². The van der Waals surface area contributed by atoms with Gasteiger partial charge in [-0.2, -0.15) is 11.8 Å². The number of rotatable bonds is 3. The number of nitrogens with two attached hydrogens (primary N) is 1. The monoisotopic (exact) mass is 241 g/mol. The van der Waals surface area contributed by atoms with Crippen LogP contribution < -0.4 is 5.73 Å². The van der Waals surface area contributed by atoms with E-state index in [0.29, 0.717) is 5.25 Å². The second-order valence-electron chi connectivity index (χ2n) is 4.05. The average molecular weight is 242 g/mol. The molecule has 2 N–H and O–H groups in total. The van der Waals surface area contributed by atoms with Crippen LogP contribution >= 0.6 is 23.4 Å². The molecule has 1 aliphatic heterocycles. The van der Waals surface area contributed by atoms with Crippen LogP contribution in [0.4, 0.5) is 0 Å². The van der Waals surface area contributed by atoms with Crippen molar-refractivity contribution < 1.29 is 0 Å². The van der Waals surface area contributed by atoms with Crippen molar-refractivity contribution >= 4 is 23.4 Å². The molecule has 2 unspecified atom stereocenters. The van der Waals surface area contributed by atoms with Crippen molar-refractivity contribution in [3.63, 3.8) is 0 Å². The van der Waals surface area contributed by atoms with E-state index in [9.17, 15) is 0 Å². The molecule has 0 radical (unpaired) electrons. The molecule has 0 aliphatic carbocycles. The number of hydrogen-bond acceptors (Lipinski definition) is 2. The fourth-order valence-electron chi connectivity index (χ4n) is 2.01. The highest BCUT2D eigenvalue weighted by Crippen LogP contribution is 2.29. The molecule has 1 nitrogen and oxygen atoms in total. The maximum atomic E-state index is 6.20. The molecule has 15 heavy (non-hydrogen) atoms. The Labute approximate surface area is 100 Å². The van der Waals surface area contributed by atoms with E-state index in [1.807, 2.05) is 30.0 Å². The van der Waals surface area contributed by atoms with Crippen LogP contribution in [0.25, 0.3) is 0 Å². The Morgan fingerprint density at radius 3 is 3.07 bits per heavy atom. The lowest BCUT2D eigenvalue weighted by Crippen LogP contribution is -2.33. The van der Waals surface area contributed by atoms with E-state index in [-0.39, 0.29) is 6.04 Å². The Balaban J connectivity index is 1.95. The van der Waals surface area contributed by atoms with Gasteiger partial charge in [0, 0.05) is 16.3 Å². The van der Waals surface area contributed by atoms with E-state index in [0.717, 1.165) is 11.4 Å². The van der Waals surface area contributed by atoms with E-state index >= 15 is 0 Å². The molecule has 1 aromatic rings. The lowest BCUT2D eigenvalue weighted by Gasteiger charge is -2.18. The van der Waals surface area contributed by atoms with Gasteiger partial charge in [-0.25, -0.2) is 0 Å². The van der Waals surface area contributed by atoms with E-state index in [1.165, 1.54) is 24.2 Å². The Morgan fingerprint density at radius 1 is 1.53 bits per heavy atom. The molecule has 0 amide bonds. The summed E-state index contributed by atoms with van der Waals surface area (Å²) in [5.74, 6) is 1.27. The quantitative estimate of drug-likeness (QED) is 0.880. The second kappa shape index (κ2) is 5.24. The number of benzene rings is 1. The molecule has 1 aliphatic rings. The molecule has 0 aromatic heterocycles. The van der Waals surface area contributed by atoms with Crippen molar-refractivity contribution in [2.45, 2.75) is 30.6 Å². The fraction of sp³-hybridized carbons (Fsp3) is 0.500. The van der Waals surface area contributed by atoms with Crippen molar-refractivity contribution in [1.82, 2.24) is 0 Å². The lowest BCUT2D eigenvalue weighted by atomic mass is 10.0. The van der Waals surface area contributed by atoms with Crippen LogP contribution in [-0.2, 0) is 6.42 Å². The molecule has 3 heteroatoms. The molecular formula is C12H16ClNS. The zero-order valence-corrected chi connectivity index (χ0v) is 10.2. The summed E-state index contributed by atoms with van der Waals surface area (Å²) in [6.45, 7) is 0. The van der Waals surface area contributed by atoms with E-state index in [1.54, 1.807) is 0 Å². The standard InChI is InChI=1S/C12H16ClNS/c13-10-4-1-3-9(7-10)8-11(14)12-5-2-6-15-12/h1,3-4,7,11-12H,2,5-6,8,14H2. The topological polar surface area (TPSA) is 26.0 Å². The summed E-state index contributed by atoms with van der Waals surface area (Å²) in [7, 11) is 0. The highest BCUT2D eigenvalue weighted by molar-refractivity contribution is 8.00. The molecule has 1 aromatic carbocycles. The molecule has 0 spiro atoms. The van der Waals surface area contributed by atoms with Crippen LogP contribution in [0.3, 0.4) is 0 Å². The van der Waals surface area contributed by atoms with Crippen molar-refractivity contribution in [3.8, 4) is 0 Å². The molecule has 1 fully saturated rings. The summed E-state index contributed by atoms with van der Waals surface area (Å²) in [5.41, 5.74) is 7.45. The van der Waals surface area contributed by atoms with Gasteiger partial charge in [0.15, 0.2) is 0 Å². The normalized spacial score (nSPS) is 22.9. The van der Waals surface area contributed by atoms with E-state index < -0.39 is 0 Å². The first-order valence-electron chi connectivity index (χ1n) is 5.37. The van der Waals surface area contributed by atoms with Crippen LogP contribution in [0.15, 0.2) is 24.3 Å². The van der Waals surface area contributed by atoms with E-state index in [2.05, 4.69) is 6.07 Å². The Kier molecular flexibility index (Phi) is 3.95. The van der Waals surface area contributed by atoms with Crippen molar-refractivity contribution in [2.24, 2.45) is 5.73 Å². The SMILES string of the molecule is NC(Cc1cccc(Cl)c1)C1CCCS1. The van der Waals surface area contributed by atoms with Gasteiger partial charge in [-0.1, -0.05) is 23.7 Å². The van der Waals surface area contributed by atoms with Gasteiger partial charge in [-0.15, -0.1) is 0 Å². The summed E-state index contributed by atoms with van der Waals surface area (Å²) in [4.78, 5) is 0. The maximum Gasteiger partial charge on any atom is 0.0408 e. The zero-order valence-electron chi connectivity index (χ0n) is 8.66. The summed E-state index contributed by atoms with van der Waals surface area (Å²) >= 11 is 7.96. The summed E-state index contributed by atoms with van der Waals surface area (Å²) < 4.78 is 0. The Bertz CT molecular complexity index is 323. The van der Waals surface area contributed by atoms with E-state index in [4.69, 9.17) is 17.3 Å². The van der Waals surface area contributed by atoms with Crippen LogP contribution in [0.2, 0.25) is 5.02 Å².